The van der Waals surface area contributed by atoms with Gasteiger partial charge in [-0.1, -0.05) is 24.3 Å². The average Bonchev–Trinajstić information content (AvgIpc) is 2.69. The van der Waals surface area contributed by atoms with E-state index in [9.17, 15) is 13.5 Å². The van der Waals surface area contributed by atoms with Crippen LogP contribution in [0.2, 0.25) is 0 Å². The number of nitrogens with one attached hydrogen (secondary N) is 2. The summed E-state index contributed by atoms with van der Waals surface area (Å²) < 4.78 is 28.7. The molecule has 0 radical (unpaired) electrons. The van der Waals surface area contributed by atoms with Gasteiger partial charge in [0.2, 0.25) is 0 Å². The minimum absolute atomic E-state index is 0. The molecule has 0 fully saturated rings. The molecule has 3 N–H and O–H groups in total. The van der Waals surface area contributed by atoms with Crippen molar-refractivity contribution in [2.24, 2.45) is 4.99 Å². The minimum atomic E-state index is -3.21. The highest BCUT2D eigenvalue weighted by molar-refractivity contribution is 14.0. The molecule has 1 atom stereocenters. The van der Waals surface area contributed by atoms with Crippen LogP contribution in [0, 0.1) is 0 Å². The van der Waals surface area contributed by atoms with Crippen LogP contribution in [0.4, 0.5) is 0 Å². The fourth-order valence-corrected chi connectivity index (χ4v) is 3.34. The summed E-state index contributed by atoms with van der Waals surface area (Å²) in [5, 5.41) is 16.7. The van der Waals surface area contributed by atoms with Crippen molar-refractivity contribution in [3.05, 3.63) is 59.7 Å². The molecule has 0 spiro atoms. The predicted octanol–water partition coefficient (Wildman–Crippen LogP) is 3.28. The van der Waals surface area contributed by atoms with Crippen LogP contribution in [0.3, 0.4) is 0 Å². The zero-order valence-corrected chi connectivity index (χ0v) is 21.5. The van der Waals surface area contributed by atoms with E-state index in [0.717, 1.165) is 16.9 Å². The molecule has 2 rings (SSSR count). The number of guanidine groups is 1. The van der Waals surface area contributed by atoms with E-state index in [1.807, 2.05) is 45.0 Å². The highest BCUT2D eigenvalue weighted by atomic mass is 127. The zero-order chi connectivity index (χ0) is 22.1. The van der Waals surface area contributed by atoms with Crippen molar-refractivity contribution < 1.29 is 18.3 Å². The Kier molecular flexibility index (Phi) is 11.3. The van der Waals surface area contributed by atoms with Crippen molar-refractivity contribution in [1.82, 2.24) is 10.6 Å². The van der Waals surface area contributed by atoms with Crippen molar-refractivity contribution in [2.75, 3.05) is 19.3 Å². The Morgan fingerprint density at radius 1 is 1.06 bits per heavy atom. The highest BCUT2D eigenvalue weighted by Gasteiger charge is 2.10. The molecule has 0 aliphatic heterocycles. The quantitative estimate of drug-likeness (QED) is 0.247. The number of nitrogens with zero attached hydrogens (tertiary/aromatic N) is 1. The molecule has 0 saturated carbocycles. The lowest BCUT2D eigenvalue weighted by atomic mass is 10.1. The SMILES string of the molecule is CCNC(=NCc1ccc(S(C)(=O)=O)cc1)NCC(O)c1ccc(OC(C)C)cc1.I. The van der Waals surface area contributed by atoms with Gasteiger partial charge in [-0.05, 0) is 56.2 Å². The maximum atomic E-state index is 11.5. The third-order valence-electron chi connectivity index (χ3n) is 4.21. The second-order valence-corrected chi connectivity index (χ2v) is 9.26. The zero-order valence-electron chi connectivity index (χ0n) is 18.3. The van der Waals surface area contributed by atoms with E-state index >= 15 is 0 Å². The van der Waals surface area contributed by atoms with Crippen molar-refractivity contribution in [2.45, 2.75) is 44.4 Å². The van der Waals surface area contributed by atoms with Gasteiger partial charge in [0.15, 0.2) is 15.8 Å². The van der Waals surface area contributed by atoms with Crippen LogP contribution >= 0.6 is 24.0 Å². The van der Waals surface area contributed by atoms with Gasteiger partial charge in [0.25, 0.3) is 0 Å². The Hall–Kier alpha value is -1.85. The fourth-order valence-electron chi connectivity index (χ4n) is 2.71. The Bertz CT molecular complexity index is 930. The largest absolute Gasteiger partial charge is 0.491 e. The van der Waals surface area contributed by atoms with Crippen LogP contribution in [0.25, 0.3) is 0 Å². The smallest absolute Gasteiger partial charge is 0.191 e. The molecule has 0 aliphatic rings. The Morgan fingerprint density at radius 2 is 1.68 bits per heavy atom. The molecule has 7 nitrogen and oxygen atoms in total. The summed E-state index contributed by atoms with van der Waals surface area (Å²) in [6.45, 7) is 7.25. The highest BCUT2D eigenvalue weighted by Crippen LogP contribution is 2.18. The number of aliphatic imine (C=N–C) groups is 1. The minimum Gasteiger partial charge on any atom is -0.491 e. The Morgan fingerprint density at radius 3 is 2.19 bits per heavy atom. The van der Waals surface area contributed by atoms with Crippen LogP contribution in [-0.2, 0) is 16.4 Å². The molecule has 0 aromatic heterocycles. The number of benzene rings is 2. The van der Waals surface area contributed by atoms with Gasteiger partial charge in [-0.25, -0.2) is 13.4 Å². The molecular formula is C22H32IN3O4S. The van der Waals surface area contributed by atoms with E-state index in [0.29, 0.717) is 25.6 Å². The average molecular weight is 561 g/mol. The number of halogens is 1. The summed E-state index contributed by atoms with van der Waals surface area (Å²) in [6.07, 6.45) is 0.587. The summed E-state index contributed by atoms with van der Waals surface area (Å²) in [7, 11) is -3.21. The molecule has 0 amide bonds. The summed E-state index contributed by atoms with van der Waals surface area (Å²) >= 11 is 0. The molecule has 172 valence electrons. The summed E-state index contributed by atoms with van der Waals surface area (Å²) in [5.74, 6) is 1.34. The third-order valence-corrected chi connectivity index (χ3v) is 5.34. The number of hydrogen-bond acceptors (Lipinski definition) is 5. The lowest BCUT2D eigenvalue weighted by Gasteiger charge is -2.16. The molecule has 2 aromatic rings. The predicted molar refractivity (Wildman–Crippen MR) is 135 cm³/mol. The second-order valence-electron chi connectivity index (χ2n) is 7.24. The maximum absolute atomic E-state index is 11.5. The van der Waals surface area contributed by atoms with Crippen molar-refractivity contribution in [1.29, 1.82) is 0 Å². The Balaban J connectivity index is 0.00000480. The lowest BCUT2D eigenvalue weighted by molar-refractivity contribution is 0.180. The second kappa shape index (κ2) is 12.9. The first kappa shape index (κ1) is 27.2. The fraction of sp³-hybridized carbons (Fsp3) is 0.409. The molecule has 0 heterocycles. The first-order chi connectivity index (χ1) is 14.2. The summed E-state index contributed by atoms with van der Waals surface area (Å²) in [5.41, 5.74) is 1.67. The molecule has 9 heteroatoms. The van der Waals surface area contributed by atoms with E-state index in [1.54, 1.807) is 24.3 Å². The van der Waals surface area contributed by atoms with E-state index in [4.69, 9.17) is 4.74 Å². The van der Waals surface area contributed by atoms with Crippen molar-refractivity contribution >= 4 is 39.8 Å². The van der Waals surface area contributed by atoms with Crippen LogP contribution in [0.1, 0.15) is 38.0 Å². The number of aliphatic hydroxyl groups is 1. The van der Waals surface area contributed by atoms with E-state index in [1.165, 1.54) is 6.26 Å². The number of rotatable bonds is 9. The van der Waals surface area contributed by atoms with Gasteiger partial charge in [-0.15, -0.1) is 24.0 Å². The van der Waals surface area contributed by atoms with Crippen LogP contribution in [-0.4, -0.2) is 44.9 Å². The van der Waals surface area contributed by atoms with Gasteiger partial charge in [-0.3, -0.25) is 0 Å². The molecule has 1 unspecified atom stereocenters. The van der Waals surface area contributed by atoms with E-state index < -0.39 is 15.9 Å². The van der Waals surface area contributed by atoms with Crippen molar-refractivity contribution in [3.8, 4) is 5.75 Å². The Labute approximate surface area is 202 Å². The summed E-state index contributed by atoms with van der Waals surface area (Å²) in [6, 6.07) is 14.0. The summed E-state index contributed by atoms with van der Waals surface area (Å²) in [4.78, 5) is 4.79. The molecule has 0 bridgehead atoms. The van der Waals surface area contributed by atoms with E-state index in [-0.39, 0.29) is 35.0 Å². The topological polar surface area (TPSA) is 100 Å². The lowest BCUT2D eigenvalue weighted by Crippen LogP contribution is -2.39. The number of aliphatic hydroxyl groups excluding tert-OH is 1. The van der Waals surface area contributed by atoms with Gasteiger partial charge in [0.05, 0.1) is 23.6 Å². The van der Waals surface area contributed by atoms with Gasteiger partial charge in [0, 0.05) is 19.3 Å². The first-order valence-corrected chi connectivity index (χ1v) is 11.8. The van der Waals surface area contributed by atoms with Gasteiger partial charge in [0.1, 0.15) is 5.75 Å². The molecular weight excluding hydrogens is 529 g/mol. The van der Waals surface area contributed by atoms with Crippen molar-refractivity contribution in [3.63, 3.8) is 0 Å². The first-order valence-electron chi connectivity index (χ1n) is 9.95. The normalized spacial score (nSPS) is 12.8. The third kappa shape index (κ3) is 9.44. The number of sulfone groups is 1. The molecule has 0 aliphatic carbocycles. The number of hydrogen-bond donors (Lipinski definition) is 3. The number of ether oxygens (including phenoxy) is 1. The standard InChI is InChI=1S/C22H31N3O4S.HI/c1-5-23-22(24-14-17-6-12-20(13-7-17)30(4,27)28)25-15-21(26)18-8-10-19(11-9-18)29-16(2)3;/h6-13,16,21,26H,5,14-15H2,1-4H3,(H2,23,24,25);1H. The van der Waals surface area contributed by atoms with Gasteiger partial charge in [-0.2, -0.15) is 0 Å². The van der Waals surface area contributed by atoms with Crippen LogP contribution in [0.15, 0.2) is 58.4 Å². The maximum Gasteiger partial charge on any atom is 0.191 e. The van der Waals surface area contributed by atoms with Gasteiger partial charge >= 0.3 is 0 Å². The molecule has 31 heavy (non-hydrogen) atoms. The van der Waals surface area contributed by atoms with E-state index in [2.05, 4.69) is 15.6 Å². The molecule has 0 saturated heterocycles. The molecule has 2 aromatic carbocycles. The monoisotopic (exact) mass is 561 g/mol. The van der Waals surface area contributed by atoms with Crippen LogP contribution < -0.4 is 15.4 Å². The van der Waals surface area contributed by atoms with Gasteiger partial charge < -0.3 is 20.5 Å². The van der Waals surface area contributed by atoms with Crippen LogP contribution in [0.5, 0.6) is 5.75 Å².